The lowest BCUT2D eigenvalue weighted by Crippen LogP contribution is -2.36. The second-order valence-corrected chi connectivity index (χ2v) is 7.96. The van der Waals surface area contributed by atoms with Gasteiger partial charge in [-0.15, -0.1) is 10.2 Å². The number of aromatic nitrogens is 3. The molecule has 0 radical (unpaired) electrons. The molecule has 2 heterocycles. The lowest BCUT2D eigenvalue weighted by Gasteiger charge is -2.30. The minimum absolute atomic E-state index is 0.159. The Morgan fingerprint density at radius 2 is 2.00 bits per heavy atom. The smallest absolute Gasteiger partial charge is 0.247 e. The van der Waals surface area contributed by atoms with Crippen molar-refractivity contribution in [3.63, 3.8) is 0 Å². The van der Waals surface area contributed by atoms with Crippen molar-refractivity contribution >= 4 is 23.4 Å². The monoisotopic (exact) mass is 434 g/mol. The van der Waals surface area contributed by atoms with Gasteiger partial charge in [0, 0.05) is 18.1 Å². The molecule has 1 aliphatic rings. The van der Waals surface area contributed by atoms with Gasteiger partial charge >= 0.3 is 0 Å². The van der Waals surface area contributed by atoms with E-state index in [4.69, 9.17) is 9.47 Å². The maximum absolute atomic E-state index is 12.8. The van der Waals surface area contributed by atoms with Crippen LogP contribution in [-0.4, -0.2) is 33.4 Å². The summed E-state index contributed by atoms with van der Waals surface area (Å²) in [7, 11) is 0. The van der Waals surface area contributed by atoms with Crippen LogP contribution in [0, 0.1) is 0 Å². The Morgan fingerprint density at radius 1 is 1.23 bits per heavy atom. The first kappa shape index (κ1) is 20.9. The largest absolute Gasteiger partial charge is 0.490 e. The summed E-state index contributed by atoms with van der Waals surface area (Å²) >= 11 is 1.48. The van der Waals surface area contributed by atoms with Crippen LogP contribution in [0.25, 0.3) is 11.3 Å². The molecule has 0 bridgehead atoms. The summed E-state index contributed by atoms with van der Waals surface area (Å²) in [5, 5.41) is 9.14. The van der Waals surface area contributed by atoms with Crippen molar-refractivity contribution in [3.05, 3.63) is 66.7 Å². The topological polar surface area (TPSA) is 77.4 Å². The standard InChI is InChI=1S/C23H22N4O3S/c1-4-14-29-17-12-10-16(11-13-17)22-27(15(3)28)19-9-7-6-8-18(19)20-21(30-22)24-23(26-25-20)31-5-2/h4,6-13,22H,1,5,14H2,2-3H3. The highest BCUT2D eigenvalue weighted by atomic mass is 32.2. The number of ether oxygens (including phenoxy) is 2. The molecule has 3 aromatic rings. The molecule has 0 fully saturated rings. The van der Waals surface area contributed by atoms with E-state index in [0.717, 1.165) is 16.9 Å². The van der Waals surface area contributed by atoms with E-state index in [1.165, 1.54) is 18.7 Å². The van der Waals surface area contributed by atoms with Gasteiger partial charge in [-0.1, -0.05) is 49.5 Å². The lowest BCUT2D eigenvalue weighted by molar-refractivity contribution is -0.118. The molecule has 1 aliphatic heterocycles. The molecule has 2 aromatic carbocycles. The average Bonchev–Trinajstić information content (AvgIpc) is 2.92. The van der Waals surface area contributed by atoms with Crippen molar-refractivity contribution in [2.75, 3.05) is 17.3 Å². The van der Waals surface area contributed by atoms with E-state index >= 15 is 0 Å². The highest BCUT2D eigenvalue weighted by Crippen LogP contribution is 2.43. The number of para-hydroxylation sites is 1. The molecular weight excluding hydrogens is 412 g/mol. The molecule has 158 valence electrons. The Kier molecular flexibility index (Phi) is 6.18. The maximum Gasteiger partial charge on any atom is 0.247 e. The molecule has 1 atom stereocenters. The Bertz CT molecular complexity index is 1100. The Hall–Kier alpha value is -3.39. The number of anilines is 1. The van der Waals surface area contributed by atoms with Crippen molar-refractivity contribution < 1.29 is 14.3 Å². The molecular formula is C23H22N4O3S. The molecule has 0 N–H and O–H groups in total. The lowest BCUT2D eigenvalue weighted by atomic mass is 10.1. The Morgan fingerprint density at radius 3 is 2.71 bits per heavy atom. The van der Waals surface area contributed by atoms with Crippen LogP contribution in [0.3, 0.4) is 0 Å². The fourth-order valence-electron chi connectivity index (χ4n) is 3.34. The van der Waals surface area contributed by atoms with Crippen LogP contribution in [0.4, 0.5) is 5.69 Å². The third-order valence-corrected chi connectivity index (χ3v) is 5.38. The van der Waals surface area contributed by atoms with Crippen LogP contribution in [0.2, 0.25) is 0 Å². The van der Waals surface area contributed by atoms with E-state index in [1.54, 1.807) is 11.0 Å². The van der Waals surface area contributed by atoms with Gasteiger partial charge in [-0.05, 0) is 36.1 Å². The van der Waals surface area contributed by atoms with Crippen LogP contribution in [0.5, 0.6) is 11.6 Å². The van der Waals surface area contributed by atoms with E-state index in [-0.39, 0.29) is 5.91 Å². The highest BCUT2D eigenvalue weighted by molar-refractivity contribution is 7.99. The van der Waals surface area contributed by atoms with Crippen molar-refractivity contribution in [1.82, 2.24) is 15.2 Å². The molecule has 0 aliphatic carbocycles. The van der Waals surface area contributed by atoms with Gasteiger partial charge in [0.2, 0.25) is 23.2 Å². The van der Waals surface area contributed by atoms with Crippen LogP contribution in [0.1, 0.15) is 25.6 Å². The zero-order valence-corrected chi connectivity index (χ0v) is 18.1. The van der Waals surface area contributed by atoms with Crippen LogP contribution in [0.15, 0.2) is 66.3 Å². The summed E-state index contributed by atoms with van der Waals surface area (Å²) in [6.45, 7) is 7.61. The summed E-state index contributed by atoms with van der Waals surface area (Å²) in [5.74, 6) is 1.71. The van der Waals surface area contributed by atoms with Crippen molar-refractivity contribution in [3.8, 4) is 22.9 Å². The van der Waals surface area contributed by atoms with Crippen LogP contribution in [-0.2, 0) is 4.79 Å². The van der Waals surface area contributed by atoms with E-state index in [2.05, 4.69) is 21.8 Å². The molecule has 0 saturated carbocycles. The quantitative estimate of drug-likeness (QED) is 0.412. The van der Waals surface area contributed by atoms with Crippen molar-refractivity contribution in [2.45, 2.75) is 25.2 Å². The maximum atomic E-state index is 12.8. The molecule has 0 spiro atoms. The van der Waals surface area contributed by atoms with Crippen molar-refractivity contribution in [1.29, 1.82) is 0 Å². The number of benzene rings is 2. The summed E-state index contributed by atoms with van der Waals surface area (Å²) in [5.41, 5.74) is 2.73. The van der Waals surface area contributed by atoms with Gasteiger partial charge in [0.1, 0.15) is 12.4 Å². The summed E-state index contributed by atoms with van der Waals surface area (Å²) in [4.78, 5) is 19.0. The Labute approximate surface area is 185 Å². The number of hydrogen-bond acceptors (Lipinski definition) is 7. The minimum atomic E-state index is -0.718. The zero-order valence-electron chi connectivity index (χ0n) is 17.3. The molecule has 7 nitrogen and oxygen atoms in total. The van der Waals surface area contributed by atoms with E-state index in [9.17, 15) is 4.79 Å². The number of fused-ring (bicyclic) bond motifs is 3. The highest BCUT2D eigenvalue weighted by Gasteiger charge is 2.34. The van der Waals surface area contributed by atoms with Gasteiger partial charge in [0.05, 0.1) is 5.69 Å². The van der Waals surface area contributed by atoms with Gasteiger partial charge in [0.25, 0.3) is 0 Å². The normalized spacial score (nSPS) is 14.6. The molecule has 31 heavy (non-hydrogen) atoms. The predicted molar refractivity (Wildman–Crippen MR) is 120 cm³/mol. The first-order valence-electron chi connectivity index (χ1n) is 9.89. The van der Waals surface area contributed by atoms with E-state index < -0.39 is 6.23 Å². The number of carbonyl (C=O) groups is 1. The van der Waals surface area contributed by atoms with Gasteiger partial charge in [-0.3, -0.25) is 9.69 Å². The second-order valence-electron chi connectivity index (χ2n) is 6.73. The molecule has 0 saturated heterocycles. The van der Waals surface area contributed by atoms with Crippen LogP contribution < -0.4 is 14.4 Å². The molecule has 1 aromatic heterocycles. The van der Waals surface area contributed by atoms with Gasteiger partial charge < -0.3 is 9.47 Å². The number of hydrogen-bond donors (Lipinski definition) is 0. The number of thioether (sulfide) groups is 1. The fourth-order valence-corrected chi connectivity index (χ4v) is 3.85. The first-order chi connectivity index (χ1) is 15.1. The number of amides is 1. The second kappa shape index (κ2) is 9.18. The van der Waals surface area contributed by atoms with Crippen LogP contribution >= 0.6 is 11.8 Å². The van der Waals surface area contributed by atoms with Gasteiger partial charge in [0.15, 0.2) is 5.69 Å². The Balaban J connectivity index is 1.83. The third kappa shape index (κ3) is 4.25. The minimum Gasteiger partial charge on any atom is -0.490 e. The molecule has 4 rings (SSSR count). The summed E-state index contributed by atoms with van der Waals surface area (Å²) < 4.78 is 11.9. The molecule has 1 amide bonds. The molecule has 1 unspecified atom stereocenters. The fraction of sp³-hybridized carbons (Fsp3) is 0.217. The average molecular weight is 435 g/mol. The van der Waals surface area contributed by atoms with E-state index in [1.807, 2.05) is 55.5 Å². The number of nitrogens with zero attached hydrogens (tertiary/aromatic N) is 4. The SMILES string of the molecule is C=CCOc1ccc(C2Oc3nc(SCC)nnc3-c3ccccc3N2C(C)=O)cc1. The van der Waals surface area contributed by atoms with Gasteiger partial charge in [-0.2, -0.15) is 4.98 Å². The third-order valence-electron chi connectivity index (χ3n) is 4.66. The number of carbonyl (C=O) groups excluding carboxylic acids is 1. The zero-order chi connectivity index (χ0) is 21.8. The van der Waals surface area contributed by atoms with Gasteiger partial charge in [-0.25, -0.2) is 0 Å². The predicted octanol–water partition coefficient (Wildman–Crippen LogP) is 4.66. The van der Waals surface area contributed by atoms with Crippen molar-refractivity contribution in [2.24, 2.45) is 0 Å². The number of rotatable bonds is 6. The first-order valence-corrected chi connectivity index (χ1v) is 10.9. The summed E-state index contributed by atoms with van der Waals surface area (Å²) in [6.07, 6.45) is 0.969. The van der Waals surface area contributed by atoms with E-state index in [0.29, 0.717) is 34.8 Å². The molecule has 8 heteroatoms. The summed E-state index contributed by atoms with van der Waals surface area (Å²) in [6, 6.07) is 15.0.